The van der Waals surface area contributed by atoms with Crippen molar-refractivity contribution in [3.8, 4) is 5.75 Å². The normalized spacial score (nSPS) is 14.9. The number of hydrogen-bond acceptors (Lipinski definition) is 3. The van der Waals surface area contributed by atoms with E-state index in [4.69, 9.17) is 9.47 Å². The zero-order chi connectivity index (χ0) is 13.5. The number of ether oxygens (including phenoxy) is 2. The molecule has 0 bridgehead atoms. The molecule has 0 heterocycles. The Kier molecular flexibility index (Phi) is 6.14. The first-order valence-electron chi connectivity index (χ1n) is 6.88. The van der Waals surface area contributed by atoms with Crippen LogP contribution in [0.25, 0.3) is 0 Å². The summed E-state index contributed by atoms with van der Waals surface area (Å²) in [7, 11) is 2.10. The van der Waals surface area contributed by atoms with Crippen LogP contribution in [0, 0.1) is 5.92 Å². The summed E-state index contributed by atoms with van der Waals surface area (Å²) in [5.74, 6) is 1.77. The molecule has 1 aromatic carbocycles. The highest BCUT2D eigenvalue weighted by Gasteiger charge is 2.20. The quantitative estimate of drug-likeness (QED) is 0.650. The Morgan fingerprint density at radius 2 is 1.84 bits per heavy atom. The molecule has 0 atom stereocenters. The fourth-order valence-corrected chi connectivity index (χ4v) is 1.98. The van der Waals surface area contributed by atoms with Crippen LogP contribution in [0.15, 0.2) is 28.7 Å². The first kappa shape index (κ1) is 14.8. The molecular weight excluding hydrogens is 306 g/mol. The van der Waals surface area contributed by atoms with Crippen LogP contribution < -0.4 is 4.74 Å². The van der Waals surface area contributed by atoms with E-state index < -0.39 is 0 Å². The summed E-state index contributed by atoms with van der Waals surface area (Å²) in [6.45, 7) is 4.37. The van der Waals surface area contributed by atoms with Gasteiger partial charge in [0.15, 0.2) is 0 Å². The molecule has 0 amide bonds. The molecule has 0 aliphatic heterocycles. The summed E-state index contributed by atoms with van der Waals surface area (Å²) >= 11 is 3.41. The van der Waals surface area contributed by atoms with Crippen molar-refractivity contribution in [3.05, 3.63) is 28.7 Å². The van der Waals surface area contributed by atoms with E-state index in [1.54, 1.807) is 0 Å². The van der Waals surface area contributed by atoms with Crippen molar-refractivity contribution in [2.75, 3.05) is 40.0 Å². The maximum atomic E-state index is 5.68. The standard InChI is InChI=1S/C15H22BrNO2/c1-17(8-10-18-12-13-2-3-13)9-11-19-15-6-4-14(16)5-7-15/h4-7,13H,2-3,8-12H2,1H3. The molecule has 0 saturated heterocycles. The Morgan fingerprint density at radius 1 is 1.16 bits per heavy atom. The molecule has 3 nitrogen and oxygen atoms in total. The second kappa shape index (κ2) is 7.88. The number of nitrogens with zero attached hydrogens (tertiary/aromatic N) is 1. The molecule has 0 aromatic heterocycles. The monoisotopic (exact) mass is 327 g/mol. The summed E-state index contributed by atoms with van der Waals surface area (Å²) in [6, 6.07) is 7.93. The van der Waals surface area contributed by atoms with Gasteiger partial charge in [0.05, 0.1) is 6.61 Å². The van der Waals surface area contributed by atoms with Gasteiger partial charge in [-0.2, -0.15) is 0 Å². The molecular formula is C15H22BrNO2. The highest BCUT2D eigenvalue weighted by Crippen LogP contribution is 2.28. The van der Waals surface area contributed by atoms with Gasteiger partial charge in [0, 0.05) is 24.2 Å². The number of benzene rings is 1. The van der Waals surface area contributed by atoms with Crippen molar-refractivity contribution in [1.82, 2.24) is 4.90 Å². The smallest absolute Gasteiger partial charge is 0.119 e. The van der Waals surface area contributed by atoms with E-state index in [1.807, 2.05) is 24.3 Å². The molecule has 1 saturated carbocycles. The molecule has 0 radical (unpaired) electrons. The third-order valence-electron chi connectivity index (χ3n) is 3.22. The van der Waals surface area contributed by atoms with Gasteiger partial charge in [0.1, 0.15) is 12.4 Å². The van der Waals surface area contributed by atoms with E-state index in [1.165, 1.54) is 12.8 Å². The van der Waals surface area contributed by atoms with Crippen LogP contribution in [0.2, 0.25) is 0 Å². The van der Waals surface area contributed by atoms with Gasteiger partial charge in [0.25, 0.3) is 0 Å². The van der Waals surface area contributed by atoms with Crippen molar-refractivity contribution < 1.29 is 9.47 Å². The Balaban J connectivity index is 1.50. The third-order valence-corrected chi connectivity index (χ3v) is 3.75. The summed E-state index contributed by atoms with van der Waals surface area (Å²) in [5, 5.41) is 0. The second-order valence-electron chi connectivity index (χ2n) is 5.12. The van der Waals surface area contributed by atoms with Crippen LogP contribution in [0.4, 0.5) is 0 Å². The minimum absolute atomic E-state index is 0.709. The Morgan fingerprint density at radius 3 is 2.53 bits per heavy atom. The van der Waals surface area contributed by atoms with Crippen LogP contribution in [-0.2, 0) is 4.74 Å². The maximum Gasteiger partial charge on any atom is 0.119 e. The average molecular weight is 328 g/mol. The van der Waals surface area contributed by atoms with Crippen LogP contribution in [0.1, 0.15) is 12.8 Å². The lowest BCUT2D eigenvalue weighted by molar-refractivity contribution is 0.0992. The zero-order valence-electron chi connectivity index (χ0n) is 11.5. The van der Waals surface area contributed by atoms with Gasteiger partial charge in [-0.15, -0.1) is 0 Å². The molecule has 0 unspecified atom stereocenters. The maximum absolute atomic E-state index is 5.68. The van der Waals surface area contributed by atoms with Crippen molar-refractivity contribution in [2.24, 2.45) is 5.92 Å². The highest BCUT2D eigenvalue weighted by molar-refractivity contribution is 9.10. The lowest BCUT2D eigenvalue weighted by Crippen LogP contribution is -2.28. The van der Waals surface area contributed by atoms with Gasteiger partial charge < -0.3 is 14.4 Å². The lowest BCUT2D eigenvalue weighted by atomic mass is 10.3. The lowest BCUT2D eigenvalue weighted by Gasteiger charge is -2.17. The van der Waals surface area contributed by atoms with Gasteiger partial charge in [-0.3, -0.25) is 0 Å². The van der Waals surface area contributed by atoms with E-state index in [-0.39, 0.29) is 0 Å². The van der Waals surface area contributed by atoms with E-state index in [9.17, 15) is 0 Å². The molecule has 0 N–H and O–H groups in total. The van der Waals surface area contributed by atoms with Crippen LogP contribution in [-0.4, -0.2) is 44.9 Å². The van der Waals surface area contributed by atoms with E-state index in [2.05, 4.69) is 27.9 Å². The zero-order valence-corrected chi connectivity index (χ0v) is 13.1. The van der Waals surface area contributed by atoms with Gasteiger partial charge >= 0.3 is 0 Å². The predicted octanol–water partition coefficient (Wildman–Crippen LogP) is 3.19. The van der Waals surface area contributed by atoms with Crippen molar-refractivity contribution in [3.63, 3.8) is 0 Å². The van der Waals surface area contributed by atoms with Gasteiger partial charge in [0.2, 0.25) is 0 Å². The van der Waals surface area contributed by atoms with Crippen molar-refractivity contribution in [1.29, 1.82) is 0 Å². The van der Waals surface area contributed by atoms with Gasteiger partial charge in [-0.1, -0.05) is 15.9 Å². The second-order valence-corrected chi connectivity index (χ2v) is 6.04. The minimum atomic E-state index is 0.709. The minimum Gasteiger partial charge on any atom is -0.492 e. The van der Waals surface area contributed by atoms with Crippen LogP contribution in [0.3, 0.4) is 0 Å². The van der Waals surface area contributed by atoms with E-state index in [0.29, 0.717) is 6.61 Å². The Hall–Kier alpha value is -0.580. The van der Waals surface area contributed by atoms with E-state index in [0.717, 1.165) is 42.4 Å². The van der Waals surface area contributed by atoms with Gasteiger partial charge in [-0.05, 0) is 50.1 Å². The fraction of sp³-hybridized carbons (Fsp3) is 0.600. The topological polar surface area (TPSA) is 21.7 Å². The molecule has 106 valence electrons. The molecule has 1 fully saturated rings. The largest absolute Gasteiger partial charge is 0.492 e. The molecule has 4 heteroatoms. The van der Waals surface area contributed by atoms with Crippen molar-refractivity contribution in [2.45, 2.75) is 12.8 Å². The highest BCUT2D eigenvalue weighted by atomic mass is 79.9. The number of likely N-dealkylation sites (N-methyl/N-ethyl adjacent to an activating group) is 1. The molecule has 1 aliphatic carbocycles. The predicted molar refractivity (Wildman–Crippen MR) is 80.7 cm³/mol. The molecule has 0 spiro atoms. The number of hydrogen-bond donors (Lipinski definition) is 0. The van der Waals surface area contributed by atoms with Crippen LogP contribution in [0.5, 0.6) is 5.75 Å². The number of rotatable bonds is 9. The SMILES string of the molecule is CN(CCOCC1CC1)CCOc1ccc(Br)cc1. The first-order valence-corrected chi connectivity index (χ1v) is 7.68. The van der Waals surface area contributed by atoms with Gasteiger partial charge in [-0.25, -0.2) is 0 Å². The Bertz CT molecular complexity index is 365. The van der Waals surface area contributed by atoms with Crippen molar-refractivity contribution >= 4 is 15.9 Å². The summed E-state index contributed by atoms with van der Waals surface area (Å²) in [5.41, 5.74) is 0. The average Bonchev–Trinajstić information content (AvgIpc) is 3.21. The molecule has 2 rings (SSSR count). The third kappa shape index (κ3) is 6.41. The first-order chi connectivity index (χ1) is 9.24. The molecule has 1 aliphatic rings. The number of halogens is 1. The summed E-state index contributed by atoms with van der Waals surface area (Å²) in [4.78, 5) is 2.24. The summed E-state index contributed by atoms with van der Waals surface area (Å²) < 4.78 is 12.4. The summed E-state index contributed by atoms with van der Waals surface area (Å²) in [6.07, 6.45) is 2.72. The molecule has 1 aromatic rings. The Labute approximate surface area is 124 Å². The van der Waals surface area contributed by atoms with E-state index >= 15 is 0 Å². The fourth-order valence-electron chi connectivity index (χ4n) is 1.72. The van der Waals surface area contributed by atoms with Crippen LogP contribution >= 0.6 is 15.9 Å². The molecule has 19 heavy (non-hydrogen) atoms.